The Morgan fingerprint density at radius 3 is 2.71 bits per heavy atom. The van der Waals surface area contributed by atoms with Crippen molar-refractivity contribution in [2.45, 2.75) is 38.8 Å². The number of nitrogens with one attached hydrogen (secondary N) is 1. The lowest BCUT2D eigenvalue weighted by atomic mass is 10.1. The van der Waals surface area contributed by atoms with Crippen molar-refractivity contribution in [3.63, 3.8) is 0 Å². The third-order valence-corrected chi connectivity index (χ3v) is 2.95. The molecule has 1 aromatic rings. The Morgan fingerprint density at radius 2 is 2.14 bits per heavy atom. The van der Waals surface area contributed by atoms with Crippen LogP contribution in [0.2, 0.25) is 0 Å². The molecule has 14 heavy (non-hydrogen) atoms. The molecule has 0 bridgehead atoms. The number of nitrogens with zero attached hydrogens (tertiary/aromatic N) is 1. The van der Waals surface area contributed by atoms with Crippen molar-refractivity contribution < 1.29 is 0 Å². The van der Waals surface area contributed by atoms with Gasteiger partial charge >= 0.3 is 0 Å². The summed E-state index contributed by atoms with van der Waals surface area (Å²) in [5.41, 5.74) is 1.33. The Balaban J connectivity index is 1.81. The summed E-state index contributed by atoms with van der Waals surface area (Å²) in [5, 5.41) is 3.62. The highest BCUT2D eigenvalue weighted by Gasteiger charge is 2.29. The van der Waals surface area contributed by atoms with E-state index in [1.54, 1.807) is 0 Å². The fourth-order valence-electron chi connectivity index (χ4n) is 1.89. The highest BCUT2D eigenvalue weighted by molar-refractivity contribution is 5.09. The van der Waals surface area contributed by atoms with Crippen molar-refractivity contribution >= 4 is 0 Å². The van der Waals surface area contributed by atoms with Crippen LogP contribution in [-0.4, -0.2) is 11.0 Å². The van der Waals surface area contributed by atoms with Gasteiger partial charge in [0.05, 0.1) is 0 Å². The maximum Gasteiger partial charge on any atom is 0.0271 e. The zero-order valence-corrected chi connectivity index (χ0v) is 8.74. The van der Waals surface area contributed by atoms with Crippen LogP contribution in [0.1, 0.15) is 31.7 Å². The van der Waals surface area contributed by atoms with E-state index in [9.17, 15) is 0 Å². The molecule has 2 rings (SSSR count). The van der Waals surface area contributed by atoms with Gasteiger partial charge in [0.2, 0.25) is 0 Å². The molecule has 1 unspecified atom stereocenters. The lowest BCUT2D eigenvalue weighted by molar-refractivity contribution is 0.449. The van der Waals surface area contributed by atoms with E-state index in [2.05, 4.69) is 29.4 Å². The summed E-state index contributed by atoms with van der Waals surface area (Å²) in [6, 6.07) is 4.88. The first-order valence-electron chi connectivity index (χ1n) is 5.52. The van der Waals surface area contributed by atoms with Gasteiger partial charge in [0.25, 0.3) is 0 Å². The Bertz CT molecular complexity index is 267. The van der Waals surface area contributed by atoms with Crippen molar-refractivity contribution in [3.8, 4) is 0 Å². The average Bonchev–Trinajstić information content (AvgIpc) is 3.05. The zero-order chi connectivity index (χ0) is 9.80. The van der Waals surface area contributed by atoms with E-state index < -0.39 is 0 Å². The number of hydrogen-bond donors (Lipinski definition) is 1. The van der Waals surface area contributed by atoms with Gasteiger partial charge in [-0.2, -0.15) is 0 Å². The fraction of sp³-hybridized carbons (Fsp3) is 0.583. The standard InChI is InChI=1S/C12H18N2/c1-2-12(11-3-4-11)14-9-10-5-7-13-8-6-10/h5-8,11-12,14H,2-4,9H2,1H3. The van der Waals surface area contributed by atoms with Gasteiger partial charge in [0.15, 0.2) is 0 Å². The van der Waals surface area contributed by atoms with Gasteiger partial charge in [-0.05, 0) is 42.9 Å². The predicted octanol–water partition coefficient (Wildman–Crippen LogP) is 2.36. The normalized spacial score (nSPS) is 18.1. The maximum absolute atomic E-state index is 4.01. The van der Waals surface area contributed by atoms with Crippen molar-refractivity contribution in [1.82, 2.24) is 10.3 Å². The van der Waals surface area contributed by atoms with E-state index in [0.29, 0.717) is 0 Å². The Hall–Kier alpha value is -0.890. The van der Waals surface area contributed by atoms with Crippen LogP contribution < -0.4 is 5.32 Å². The molecule has 1 heterocycles. The van der Waals surface area contributed by atoms with Gasteiger partial charge in [-0.1, -0.05) is 6.92 Å². The number of hydrogen-bond acceptors (Lipinski definition) is 2. The predicted molar refractivity (Wildman–Crippen MR) is 57.9 cm³/mol. The first kappa shape index (κ1) is 9.66. The molecule has 1 aliphatic rings. The zero-order valence-electron chi connectivity index (χ0n) is 8.74. The largest absolute Gasteiger partial charge is 0.310 e. The molecule has 0 radical (unpaired) electrons. The van der Waals surface area contributed by atoms with Crippen LogP contribution in [0.25, 0.3) is 0 Å². The second-order valence-corrected chi connectivity index (χ2v) is 4.09. The minimum Gasteiger partial charge on any atom is -0.310 e. The van der Waals surface area contributed by atoms with Gasteiger partial charge in [-0.25, -0.2) is 0 Å². The molecule has 1 aliphatic carbocycles. The van der Waals surface area contributed by atoms with Crippen molar-refractivity contribution in [3.05, 3.63) is 30.1 Å². The molecule has 1 fully saturated rings. The van der Waals surface area contributed by atoms with Crippen LogP contribution in [0, 0.1) is 5.92 Å². The van der Waals surface area contributed by atoms with Crippen LogP contribution in [0.3, 0.4) is 0 Å². The van der Waals surface area contributed by atoms with E-state index in [1.807, 2.05) is 12.4 Å². The summed E-state index contributed by atoms with van der Waals surface area (Å²) in [5.74, 6) is 0.946. The molecule has 2 nitrogen and oxygen atoms in total. The van der Waals surface area contributed by atoms with Crippen LogP contribution in [0.5, 0.6) is 0 Å². The second-order valence-electron chi connectivity index (χ2n) is 4.09. The first-order valence-corrected chi connectivity index (χ1v) is 5.52. The molecule has 1 N–H and O–H groups in total. The van der Waals surface area contributed by atoms with E-state index in [4.69, 9.17) is 0 Å². The van der Waals surface area contributed by atoms with Crippen LogP contribution >= 0.6 is 0 Å². The Labute approximate surface area is 85.7 Å². The van der Waals surface area contributed by atoms with E-state index in [1.165, 1.54) is 24.8 Å². The number of pyridine rings is 1. The molecule has 1 saturated carbocycles. The van der Waals surface area contributed by atoms with Crippen molar-refractivity contribution in [2.75, 3.05) is 0 Å². The highest BCUT2D eigenvalue weighted by Crippen LogP contribution is 2.33. The lowest BCUT2D eigenvalue weighted by Crippen LogP contribution is -2.29. The first-order chi connectivity index (χ1) is 6.90. The van der Waals surface area contributed by atoms with E-state index in [0.717, 1.165) is 18.5 Å². The number of aromatic nitrogens is 1. The lowest BCUT2D eigenvalue weighted by Gasteiger charge is -2.15. The summed E-state index contributed by atoms with van der Waals surface area (Å²) >= 11 is 0. The van der Waals surface area contributed by atoms with Gasteiger partial charge in [0.1, 0.15) is 0 Å². The molecular weight excluding hydrogens is 172 g/mol. The molecule has 0 saturated heterocycles. The van der Waals surface area contributed by atoms with Crippen LogP contribution in [0.4, 0.5) is 0 Å². The van der Waals surface area contributed by atoms with Gasteiger partial charge in [0, 0.05) is 25.0 Å². The highest BCUT2D eigenvalue weighted by atomic mass is 14.9. The quantitative estimate of drug-likeness (QED) is 0.771. The van der Waals surface area contributed by atoms with Crippen molar-refractivity contribution in [2.24, 2.45) is 5.92 Å². The summed E-state index contributed by atoms with van der Waals surface area (Å²) in [4.78, 5) is 4.01. The van der Waals surface area contributed by atoms with E-state index >= 15 is 0 Å². The van der Waals surface area contributed by atoms with Gasteiger partial charge in [-0.3, -0.25) is 4.98 Å². The fourth-order valence-corrected chi connectivity index (χ4v) is 1.89. The topological polar surface area (TPSA) is 24.9 Å². The second kappa shape index (κ2) is 4.56. The molecule has 76 valence electrons. The third-order valence-electron chi connectivity index (χ3n) is 2.95. The maximum atomic E-state index is 4.01. The molecule has 0 aliphatic heterocycles. The average molecular weight is 190 g/mol. The molecule has 0 aromatic carbocycles. The minimum absolute atomic E-state index is 0.725. The third kappa shape index (κ3) is 2.55. The molecule has 1 atom stereocenters. The molecule has 0 spiro atoms. The minimum atomic E-state index is 0.725. The van der Waals surface area contributed by atoms with Crippen LogP contribution in [0.15, 0.2) is 24.5 Å². The monoisotopic (exact) mass is 190 g/mol. The molecule has 1 aromatic heterocycles. The SMILES string of the molecule is CCC(NCc1ccncc1)C1CC1. The molecule has 0 amide bonds. The Morgan fingerprint density at radius 1 is 1.43 bits per heavy atom. The molecule has 2 heteroatoms. The van der Waals surface area contributed by atoms with Gasteiger partial charge in [-0.15, -0.1) is 0 Å². The van der Waals surface area contributed by atoms with E-state index in [-0.39, 0.29) is 0 Å². The van der Waals surface area contributed by atoms with Gasteiger partial charge < -0.3 is 5.32 Å². The van der Waals surface area contributed by atoms with Crippen molar-refractivity contribution in [1.29, 1.82) is 0 Å². The van der Waals surface area contributed by atoms with Crippen LogP contribution in [-0.2, 0) is 6.54 Å². The summed E-state index contributed by atoms with van der Waals surface area (Å²) in [7, 11) is 0. The summed E-state index contributed by atoms with van der Waals surface area (Å²) in [6.07, 6.45) is 7.80. The smallest absolute Gasteiger partial charge is 0.0271 e. The summed E-state index contributed by atoms with van der Waals surface area (Å²) < 4.78 is 0. The number of rotatable bonds is 5. The molecular formula is C12H18N2. The summed E-state index contributed by atoms with van der Waals surface area (Å²) in [6.45, 7) is 3.25. The Kier molecular flexibility index (Phi) is 3.14.